The average Bonchev–Trinajstić information content (AvgIpc) is 3.48. The molecule has 3 aromatic rings. The number of aromatic nitrogens is 3. The predicted molar refractivity (Wildman–Crippen MR) is 105 cm³/mol. The van der Waals surface area contributed by atoms with Crippen LogP contribution < -0.4 is 9.64 Å². The van der Waals surface area contributed by atoms with Gasteiger partial charge in [0.1, 0.15) is 17.4 Å². The zero-order valence-corrected chi connectivity index (χ0v) is 15.7. The molecule has 1 unspecified atom stereocenters. The molecular formula is C21H21N5O2. The summed E-state index contributed by atoms with van der Waals surface area (Å²) in [6.07, 6.45) is 10.3. The molecule has 0 bridgehead atoms. The van der Waals surface area contributed by atoms with Crippen molar-refractivity contribution in [3.63, 3.8) is 0 Å². The molecule has 0 spiro atoms. The van der Waals surface area contributed by atoms with Crippen molar-refractivity contribution in [1.82, 2.24) is 14.6 Å². The molecule has 5 rings (SSSR count). The van der Waals surface area contributed by atoms with E-state index in [1.807, 2.05) is 24.4 Å². The Bertz CT molecular complexity index is 1050. The van der Waals surface area contributed by atoms with Gasteiger partial charge in [0.2, 0.25) is 5.91 Å². The lowest BCUT2D eigenvalue weighted by Gasteiger charge is -2.16. The van der Waals surface area contributed by atoms with E-state index >= 15 is 0 Å². The second kappa shape index (κ2) is 7.69. The Labute approximate surface area is 163 Å². The molecule has 28 heavy (non-hydrogen) atoms. The summed E-state index contributed by atoms with van der Waals surface area (Å²) in [7, 11) is 1.60. The lowest BCUT2D eigenvalue weighted by Crippen LogP contribution is -2.27. The number of carbonyl (C=O) groups is 1. The van der Waals surface area contributed by atoms with Crippen LogP contribution in [0.2, 0.25) is 0 Å². The van der Waals surface area contributed by atoms with Gasteiger partial charge in [-0.1, -0.05) is 19.3 Å². The highest BCUT2D eigenvalue weighted by Crippen LogP contribution is 2.33. The number of nitriles is 1. The Kier molecular flexibility index (Phi) is 4.94. The highest BCUT2D eigenvalue weighted by Gasteiger charge is 2.33. The van der Waals surface area contributed by atoms with Crippen molar-refractivity contribution in [2.75, 3.05) is 18.6 Å². The lowest BCUT2D eigenvalue weighted by molar-refractivity contribution is -0.118. The van der Waals surface area contributed by atoms with Crippen LogP contribution in [-0.2, 0) is 4.79 Å². The van der Waals surface area contributed by atoms with Crippen LogP contribution in [0.3, 0.4) is 0 Å². The van der Waals surface area contributed by atoms with Crippen molar-refractivity contribution in [1.29, 1.82) is 5.26 Å². The fourth-order valence-electron chi connectivity index (χ4n) is 3.17. The molecule has 0 radical (unpaired) electrons. The Morgan fingerprint density at radius 1 is 1.25 bits per heavy atom. The van der Waals surface area contributed by atoms with Crippen LogP contribution in [0.1, 0.15) is 25.7 Å². The topological polar surface area (TPSA) is 83.5 Å². The highest BCUT2D eigenvalue weighted by atomic mass is 16.5. The summed E-state index contributed by atoms with van der Waals surface area (Å²) >= 11 is 0. The molecule has 4 heterocycles. The van der Waals surface area contributed by atoms with Crippen molar-refractivity contribution >= 4 is 17.1 Å². The van der Waals surface area contributed by atoms with Gasteiger partial charge in [-0.05, 0) is 30.7 Å². The minimum Gasteiger partial charge on any atom is -0.494 e. The fraction of sp³-hybridized carbons (Fsp3) is 0.333. The molecule has 142 valence electrons. The van der Waals surface area contributed by atoms with E-state index in [1.54, 1.807) is 35.0 Å². The maximum absolute atomic E-state index is 12.4. The van der Waals surface area contributed by atoms with Crippen LogP contribution in [0, 0.1) is 17.2 Å². The third-order valence-corrected chi connectivity index (χ3v) is 4.76. The molecule has 3 aromatic heterocycles. The smallest absolute Gasteiger partial charge is 0.244 e. The summed E-state index contributed by atoms with van der Waals surface area (Å²) in [5.74, 6) is -0.0611. The minimum absolute atomic E-state index is 0.159. The van der Waals surface area contributed by atoms with Gasteiger partial charge in [-0.3, -0.25) is 9.78 Å². The van der Waals surface area contributed by atoms with Crippen LogP contribution in [0.25, 0.3) is 16.8 Å². The number of hydrogen-bond acceptors (Lipinski definition) is 5. The Hall–Kier alpha value is -3.40. The number of ether oxygens (including phenoxy) is 1. The van der Waals surface area contributed by atoms with E-state index in [2.05, 4.69) is 16.2 Å². The monoisotopic (exact) mass is 375 g/mol. The van der Waals surface area contributed by atoms with E-state index in [4.69, 9.17) is 10.00 Å². The summed E-state index contributed by atoms with van der Waals surface area (Å²) in [4.78, 5) is 18.4. The number of rotatable bonds is 3. The molecule has 1 aliphatic heterocycles. The van der Waals surface area contributed by atoms with Crippen LogP contribution >= 0.6 is 0 Å². The molecule has 1 saturated heterocycles. The third-order valence-electron chi connectivity index (χ3n) is 4.76. The molecule has 1 amide bonds. The van der Waals surface area contributed by atoms with Crippen molar-refractivity contribution in [2.45, 2.75) is 25.7 Å². The van der Waals surface area contributed by atoms with Crippen molar-refractivity contribution < 1.29 is 9.53 Å². The Morgan fingerprint density at radius 3 is 2.75 bits per heavy atom. The number of carbonyl (C=O) groups excluding carboxylic acids is 1. The number of fused-ring (bicyclic) bond motifs is 1. The normalized spacial score (nSPS) is 17.8. The molecule has 0 N–H and O–H groups in total. The summed E-state index contributed by atoms with van der Waals surface area (Å²) < 4.78 is 7.09. The van der Waals surface area contributed by atoms with E-state index in [9.17, 15) is 4.79 Å². The van der Waals surface area contributed by atoms with Gasteiger partial charge in [0, 0.05) is 30.7 Å². The maximum Gasteiger partial charge on any atom is 0.244 e. The Morgan fingerprint density at radius 2 is 2.07 bits per heavy atom. The first-order chi connectivity index (χ1) is 13.7. The van der Waals surface area contributed by atoms with Gasteiger partial charge < -0.3 is 9.64 Å². The van der Waals surface area contributed by atoms with Crippen molar-refractivity contribution in [3.8, 4) is 23.1 Å². The summed E-state index contributed by atoms with van der Waals surface area (Å²) in [5, 5.41) is 13.4. The number of pyridine rings is 1. The number of amides is 1. The molecular weight excluding hydrogens is 354 g/mol. The first-order valence-electron chi connectivity index (χ1n) is 9.40. The minimum atomic E-state index is -0.571. The first kappa shape index (κ1) is 18.0. The average molecular weight is 375 g/mol. The SMILES string of the molecule is C1CC1.COc1cccnc1-c1cc2c(N3CCC(C#N)C3=O)ccnn2c1. The number of anilines is 1. The molecule has 2 aliphatic rings. The van der Waals surface area contributed by atoms with Crippen molar-refractivity contribution in [2.24, 2.45) is 5.92 Å². The van der Waals surface area contributed by atoms with Gasteiger partial charge >= 0.3 is 0 Å². The van der Waals surface area contributed by atoms with E-state index in [1.165, 1.54) is 19.3 Å². The Balaban J connectivity index is 0.000000586. The van der Waals surface area contributed by atoms with E-state index < -0.39 is 5.92 Å². The molecule has 1 atom stereocenters. The van der Waals surface area contributed by atoms with Gasteiger partial charge in [0.25, 0.3) is 0 Å². The van der Waals surface area contributed by atoms with Crippen molar-refractivity contribution in [3.05, 3.63) is 42.9 Å². The molecule has 7 heteroatoms. The van der Waals surface area contributed by atoms with Crippen LogP contribution in [-0.4, -0.2) is 34.2 Å². The molecule has 7 nitrogen and oxygen atoms in total. The molecule has 0 aromatic carbocycles. The van der Waals surface area contributed by atoms with Gasteiger partial charge in [0.05, 0.1) is 24.4 Å². The van der Waals surface area contributed by atoms with Gasteiger partial charge in [-0.2, -0.15) is 10.4 Å². The number of methoxy groups -OCH3 is 1. The van der Waals surface area contributed by atoms with Gasteiger partial charge in [0.15, 0.2) is 0 Å². The fourth-order valence-corrected chi connectivity index (χ4v) is 3.17. The molecule has 2 fully saturated rings. The second-order valence-electron chi connectivity index (χ2n) is 6.85. The largest absolute Gasteiger partial charge is 0.494 e. The van der Waals surface area contributed by atoms with Gasteiger partial charge in [-0.25, -0.2) is 4.52 Å². The van der Waals surface area contributed by atoms with E-state index in [-0.39, 0.29) is 5.91 Å². The third kappa shape index (κ3) is 3.41. The maximum atomic E-state index is 12.4. The first-order valence-corrected chi connectivity index (χ1v) is 9.40. The zero-order valence-electron chi connectivity index (χ0n) is 15.7. The summed E-state index contributed by atoms with van der Waals surface area (Å²) in [6.45, 7) is 0.532. The quantitative estimate of drug-likeness (QED) is 0.700. The predicted octanol–water partition coefficient (Wildman–Crippen LogP) is 3.45. The second-order valence-corrected chi connectivity index (χ2v) is 6.85. The highest BCUT2D eigenvalue weighted by molar-refractivity contribution is 6.02. The van der Waals surface area contributed by atoms with E-state index in [0.717, 1.165) is 16.8 Å². The summed E-state index contributed by atoms with van der Waals surface area (Å²) in [5.41, 5.74) is 3.10. The zero-order chi connectivity index (χ0) is 19.5. The number of hydrogen-bond donors (Lipinski definition) is 0. The van der Waals surface area contributed by atoms with Crippen LogP contribution in [0.15, 0.2) is 42.9 Å². The molecule has 1 aliphatic carbocycles. The number of nitrogens with zero attached hydrogens (tertiary/aromatic N) is 5. The van der Waals surface area contributed by atoms with E-state index in [0.29, 0.717) is 24.4 Å². The van der Waals surface area contributed by atoms with Gasteiger partial charge in [-0.15, -0.1) is 0 Å². The summed E-state index contributed by atoms with van der Waals surface area (Å²) in [6, 6.07) is 9.46. The van der Waals surface area contributed by atoms with Crippen LogP contribution in [0.4, 0.5) is 5.69 Å². The van der Waals surface area contributed by atoms with Crippen LogP contribution in [0.5, 0.6) is 5.75 Å². The molecule has 1 saturated carbocycles. The lowest BCUT2D eigenvalue weighted by atomic mass is 10.1. The standard InChI is InChI=1S/C18H15N5O2.C3H6/c1-25-16-3-2-6-20-17(16)13-9-15-14(4-7-21-23(15)11-13)22-8-5-12(10-19)18(22)24;1-2-3-1/h2-4,6-7,9,11-12H,5,8H2,1H3;1-3H2.